The number of rotatable bonds is 2. The Bertz CT molecular complexity index is 410. The van der Waals surface area contributed by atoms with Crippen LogP contribution in [0, 0.1) is 17.8 Å². The summed E-state index contributed by atoms with van der Waals surface area (Å²) >= 11 is 0. The molecular formula is C14H20F3NO4. The number of aliphatic carboxylic acids is 1. The molecule has 5 atom stereocenters. The normalized spacial score (nSPS) is 35.5. The summed E-state index contributed by atoms with van der Waals surface area (Å²) < 4.78 is 37.1. The zero-order chi connectivity index (χ0) is 16.5. The van der Waals surface area contributed by atoms with Gasteiger partial charge in [0.25, 0.3) is 0 Å². The fourth-order valence-corrected chi connectivity index (χ4v) is 4.00. The second-order valence-corrected chi connectivity index (χ2v) is 6.12. The summed E-state index contributed by atoms with van der Waals surface area (Å²) in [5.74, 6) is -1.51. The van der Waals surface area contributed by atoms with E-state index in [-0.39, 0.29) is 18.6 Å². The molecule has 0 spiro atoms. The number of carbonyl (C=O) groups is 2. The molecule has 22 heavy (non-hydrogen) atoms. The maximum absolute atomic E-state index is 11.2. The van der Waals surface area contributed by atoms with E-state index in [1.54, 1.807) is 0 Å². The van der Waals surface area contributed by atoms with Crippen molar-refractivity contribution in [1.82, 2.24) is 5.32 Å². The molecule has 5 nitrogen and oxygen atoms in total. The van der Waals surface area contributed by atoms with Gasteiger partial charge in [0.1, 0.15) is 0 Å². The predicted molar refractivity (Wildman–Crippen MR) is 70.0 cm³/mol. The second-order valence-electron chi connectivity index (χ2n) is 6.12. The van der Waals surface area contributed by atoms with Crippen molar-refractivity contribution in [3.8, 4) is 0 Å². The van der Waals surface area contributed by atoms with Gasteiger partial charge in [0.05, 0.1) is 12.5 Å². The number of hydrogen-bond acceptors (Lipinski definition) is 4. The van der Waals surface area contributed by atoms with Gasteiger partial charge in [-0.15, -0.1) is 0 Å². The zero-order valence-corrected chi connectivity index (χ0v) is 12.2. The summed E-state index contributed by atoms with van der Waals surface area (Å²) in [6, 6.07) is 0.923. The number of ether oxygens (including phenoxy) is 1. The van der Waals surface area contributed by atoms with E-state index >= 15 is 0 Å². The molecule has 0 amide bonds. The van der Waals surface area contributed by atoms with Crippen LogP contribution in [0.3, 0.4) is 0 Å². The molecular weight excluding hydrogens is 303 g/mol. The molecule has 2 N–H and O–H groups in total. The van der Waals surface area contributed by atoms with Crippen LogP contribution in [0.5, 0.6) is 0 Å². The first-order chi connectivity index (χ1) is 10.2. The van der Waals surface area contributed by atoms with Crippen molar-refractivity contribution in [3.63, 3.8) is 0 Å². The Morgan fingerprint density at radius 2 is 1.91 bits per heavy atom. The lowest BCUT2D eigenvalue weighted by molar-refractivity contribution is -0.199. The molecule has 2 aliphatic heterocycles. The molecule has 0 aromatic carbocycles. The van der Waals surface area contributed by atoms with Crippen molar-refractivity contribution in [3.05, 3.63) is 0 Å². The highest BCUT2D eigenvalue weighted by atomic mass is 19.4. The van der Waals surface area contributed by atoms with Crippen LogP contribution in [0.1, 0.15) is 32.6 Å². The Morgan fingerprint density at radius 1 is 1.23 bits per heavy atom. The van der Waals surface area contributed by atoms with E-state index in [2.05, 4.69) is 10.1 Å². The van der Waals surface area contributed by atoms with Gasteiger partial charge in [-0.1, -0.05) is 0 Å². The average molecular weight is 323 g/mol. The Hall–Kier alpha value is -1.31. The molecule has 2 saturated carbocycles. The van der Waals surface area contributed by atoms with Crippen molar-refractivity contribution in [1.29, 1.82) is 0 Å². The van der Waals surface area contributed by atoms with Gasteiger partial charge in [-0.3, -0.25) is 4.79 Å². The number of esters is 1. The van der Waals surface area contributed by atoms with Gasteiger partial charge in [0.2, 0.25) is 0 Å². The molecule has 4 rings (SSSR count). The Morgan fingerprint density at radius 3 is 2.32 bits per heavy atom. The topological polar surface area (TPSA) is 75.6 Å². The molecule has 8 heteroatoms. The lowest BCUT2D eigenvalue weighted by Crippen LogP contribution is -2.62. The van der Waals surface area contributed by atoms with Crippen LogP contribution in [0.25, 0.3) is 0 Å². The summed E-state index contributed by atoms with van der Waals surface area (Å²) in [7, 11) is 0. The lowest BCUT2D eigenvalue weighted by Gasteiger charge is -2.53. The number of carbonyl (C=O) groups excluding carboxylic acids is 1. The van der Waals surface area contributed by atoms with E-state index in [0.29, 0.717) is 12.0 Å². The monoisotopic (exact) mass is 323 g/mol. The molecule has 2 aliphatic carbocycles. The van der Waals surface area contributed by atoms with Crippen LogP contribution in [0.2, 0.25) is 0 Å². The highest BCUT2D eigenvalue weighted by Gasteiger charge is 2.50. The van der Waals surface area contributed by atoms with E-state index in [4.69, 9.17) is 5.11 Å². The molecule has 0 aromatic heterocycles. The van der Waals surface area contributed by atoms with Gasteiger partial charge >= 0.3 is 18.1 Å². The first-order valence-electron chi connectivity index (χ1n) is 7.45. The van der Waals surface area contributed by atoms with Crippen molar-refractivity contribution in [2.24, 2.45) is 17.8 Å². The van der Waals surface area contributed by atoms with E-state index in [0.717, 1.165) is 18.8 Å². The third kappa shape index (κ3) is 3.71. The fourth-order valence-electron chi connectivity index (χ4n) is 4.00. The van der Waals surface area contributed by atoms with Crippen LogP contribution >= 0.6 is 0 Å². The summed E-state index contributed by atoms with van der Waals surface area (Å²) in [5.41, 5.74) is 0. The molecule has 0 aromatic rings. The van der Waals surface area contributed by atoms with Crippen LogP contribution in [0.15, 0.2) is 0 Å². The van der Waals surface area contributed by atoms with E-state index < -0.39 is 18.1 Å². The largest absolute Gasteiger partial charge is 0.490 e. The highest BCUT2D eigenvalue weighted by molar-refractivity contribution is 5.75. The first-order valence-corrected chi connectivity index (χ1v) is 7.45. The van der Waals surface area contributed by atoms with Gasteiger partial charge in [0.15, 0.2) is 0 Å². The number of hydrogen-bond donors (Lipinski definition) is 2. The maximum atomic E-state index is 11.2. The van der Waals surface area contributed by atoms with Crippen LogP contribution in [-0.2, 0) is 14.3 Å². The van der Waals surface area contributed by atoms with Crippen LogP contribution in [0.4, 0.5) is 13.2 Å². The number of carboxylic acids is 1. The molecule has 4 fully saturated rings. The van der Waals surface area contributed by atoms with E-state index in [9.17, 15) is 22.8 Å². The third-order valence-corrected chi connectivity index (χ3v) is 4.61. The summed E-state index contributed by atoms with van der Waals surface area (Å²) in [6.45, 7) is 1.06. The number of alkyl halides is 3. The molecule has 4 bridgehead atoms. The van der Waals surface area contributed by atoms with Crippen molar-refractivity contribution >= 4 is 11.9 Å². The van der Waals surface area contributed by atoms with Crippen molar-refractivity contribution < 1.29 is 32.6 Å². The quantitative estimate of drug-likeness (QED) is 0.760. The molecule has 2 heterocycles. The van der Waals surface area contributed by atoms with Crippen molar-refractivity contribution in [2.75, 3.05) is 6.61 Å². The standard InChI is InChI=1S/C10H15NO2.C4H5F3O2/c12-10(13)9-6-1-5-2-7(4-6)11-8(9)3-5;1-2-9-3(8)4(5,6)7/h5-9,11H,1-4H2,(H,12,13);2H2,1H3. The molecule has 2 saturated heterocycles. The zero-order valence-electron chi connectivity index (χ0n) is 12.2. The molecule has 0 radical (unpaired) electrons. The Labute approximate surface area is 126 Å². The number of halogens is 3. The minimum atomic E-state index is -4.85. The van der Waals surface area contributed by atoms with Gasteiger partial charge < -0.3 is 15.2 Å². The average Bonchev–Trinajstić information content (AvgIpc) is 2.36. The number of carboxylic acid groups (broad SMARTS) is 1. The molecule has 4 aliphatic rings. The number of nitrogens with one attached hydrogen (secondary N) is 1. The van der Waals surface area contributed by atoms with Crippen LogP contribution in [-0.4, -0.2) is 41.9 Å². The third-order valence-electron chi connectivity index (χ3n) is 4.61. The van der Waals surface area contributed by atoms with Crippen molar-refractivity contribution in [2.45, 2.75) is 50.9 Å². The smallest absolute Gasteiger partial charge is 0.481 e. The summed E-state index contributed by atoms with van der Waals surface area (Å²) in [6.07, 6.45) is -0.186. The van der Waals surface area contributed by atoms with E-state index in [1.807, 2.05) is 0 Å². The molecule has 126 valence electrons. The molecule has 5 unspecified atom stereocenters. The maximum Gasteiger partial charge on any atom is 0.490 e. The number of piperidine rings is 2. The second kappa shape index (κ2) is 6.44. The summed E-state index contributed by atoms with van der Waals surface area (Å²) in [4.78, 5) is 20.8. The Kier molecular flexibility index (Phi) is 4.99. The van der Waals surface area contributed by atoms with E-state index in [1.165, 1.54) is 19.8 Å². The van der Waals surface area contributed by atoms with Gasteiger partial charge in [0, 0.05) is 12.1 Å². The minimum absolute atomic E-state index is 0.0900. The lowest BCUT2D eigenvalue weighted by atomic mass is 9.60. The summed E-state index contributed by atoms with van der Waals surface area (Å²) in [5, 5.41) is 12.6. The first kappa shape index (κ1) is 17.1. The van der Waals surface area contributed by atoms with Crippen LogP contribution < -0.4 is 5.32 Å². The minimum Gasteiger partial charge on any atom is -0.481 e. The van der Waals surface area contributed by atoms with Gasteiger partial charge in [-0.05, 0) is 44.4 Å². The Balaban J connectivity index is 0.000000175. The predicted octanol–water partition coefficient (Wildman–Crippen LogP) is 1.96. The highest BCUT2D eigenvalue weighted by Crippen LogP contribution is 2.47. The van der Waals surface area contributed by atoms with Gasteiger partial charge in [-0.2, -0.15) is 13.2 Å². The van der Waals surface area contributed by atoms with Gasteiger partial charge in [-0.25, -0.2) is 4.79 Å². The SMILES string of the molecule is CCOC(=O)C(F)(F)F.O=C(O)C1C2CC3CC(C2)NC1C3. The fraction of sp³-hybridized carbons (Fsp3) is 0.857.